The van der Waals surface area contributed by atoms with Crippen LogP contribution in [0.4, 0.5) is 11.4 Å². The van der Waals surface area contributed by atoms with Crippen molar-refractivity contribution < 1.29 is 19.0 Å². The molecule has 0 fully saturated rings. The second-order valence-corrected chi connectivity index (χ2v) is 8.67. The molecule has 3 heterocycles. The highest BCUT2D eigenvalue weighted by Gasteiger charge is 2.28. The van der Waals surface area contributed by atoms with Gasteiger partial charge in [0, 0.05) is 29.1 Å². The summed E-state index contributed by atoms with van der Waals surface area (Å²) < 4.78 is 18.3. The summed E-state index contributed by atoms with van der Waals surface area (Å²) in [6, 6.07) is 9.34. The van der Waals surface area contributed by atoms with E-state index in [-0.39, 0.29) is 18.1 Å². The lowest BCUT2D eigenvalue weighted by Gasteiger charge is -2.27. The second-order valence-electron chi connectivity index (χ2n) is 7.69. The molecule has 2 aromatic carbocycles. The summed E-state index contributed by atoms with van der Waals surface area (Å²) in [4.78, 5) is 33.2. The van der Waals surface area contributed by atoms with E-state index in [1.165, 1.54) is 11.3 Å². The summed E-state index contributed by atoms with van der Waals surface area (Å²) in [6.07, 6.45) is 0. The number of thiazole rings is 1. The van der Waals surface area contributed by atoms with Crippen molar-refractivity contribution in [2.24, 2.45) is 4.99 Å². The number of nitrogens with zero attached hydrogens (tertiary/aromatic N) is 3. The Morgan fingerprint density at radius 2 is 1.76 bits per heavy atom. The minimum absolute atomic E-state index is 0.240. The molecule has 0 saturated carbocycles. The Morgan fingerprint density at radius 1 is 1.03 bits per heavy atom. The topological polar surface area (TPSA) is 94.4 Å². The lowest BCUT2D eigenvalue weighted by Crippen LogP contribution is -2.43. The molecule has 2 aliphatic heterocycles. The molecule has 1 aromatic heterocycles. The number of rotatable bonds is 4. The quantitative estimate of drug-likeness (QED) is 0.626. The van der Waals surface area contributed by atoms with Crippen molar-refractivity contribution in [3.63, 3.8) is 0 Å². The normalized spacial score (nSPS) is 16.0. The van der Waals surface area contributed by atoms with Gasteiger partial charge in [-0.2, -0.15) is 0 Å². The number of aryl methyl sites for hydroxylation is 1. The predicted octanol–water partition coefficient (Wildman–Crippen LogP) is 1.45. The smallest absolute Gasteiger partial charge is 0.272 e. The number of carbonyl (C=O) groups excluding carboxylic acids is 1. The summed E-state index contributed by atoms with van der Waals surface area (Å²) in [6.45, 7) is 2.58. The Balaban J connectivity index is 1.60. The van der Waals surface area contributed by atoms with Crippen molar-refractivity contribution in [2.45, 2.75) is 13.6 Å². The molecule has 9 nitrogen and oxygen atoms in total. The molecule has 3 aromatic rings. The maximum atomic E-state index is 13.4. The van der Waals surface area contributed by atoms with Gasteiger partial charge in [-0.15, -0.1) is 0 Å². The van der Waals surface area contributed by atoms with Gasteiger partial charge in [0.2, 0.25) is 5.75 Å². The third kappa shape index (κ3) is 3.34. The Morgan fingerprint density at radius 3 is 2.42 bits per heavy atom. The molecule has 33 heavy (non-hydrogen) atoms. The van der Waals surface area contributed by atoms with Crippen molar-refractivity contribution >= 4 is 34.2 Å². The summed E-state index contributed by atoms with van der Waals surface area (Å²) in [5, 5.41) is 2.85. The van der Waals surface area contributed by atoms with E-state index in [2.05, 4.69) is 10.3 Å². The number of hydrogen-bond acceptors (Lipinski definition) is 8. The van der Waals surface area contributed by atoms with E-state index in [0.29, 0.717) is 44.5 Å². The molecule has 1 amide bonds. The summed E-state index contributed by atoms with van der Waals surface area (Å²) in [5.74, 6) is 1.25. The number of benzene rings is 2. The van der Waals surface area contributed by atoms with Crippen LogP contribution in [0.1, 0.15) is 11.1 Å². The third-order valence-electron chi connectivity index (χ3n) is 5.71. The third-order valence-corrected chi connectivity index (χ3v) is 6.83. The van der Waals surface area contributed by atoms with Crippen molar-refractivity contribution in [3.8, 4) is 17.2 Å². The van der Waals surface area contributed by atoms with E-state index >= 15 is 0 Å². The number of methoxy groups -OCH3 is 3. The number of amides is 1. The van der Waals surface area contributed by atoms with Crippen LogP contribution >= 0.6 is 11.3 Å². The van der Waals surface area contributed by atoms with Crippen molar-refractivity contribution in [1.82, 2.24) is 4.57 Å². The van der Waals surface area contributed by atoms with Gasteiger partial charge in [0.1, 0.15) is 17.9 Å². The second kappa shape index (κ2) is 7.96. The van der Waals surface area contributed by atoms with Gasteiger partial charge in [0.05, 0.1) is 26.9 Å². The number of nitrogens with one attached hydrogen (secondary N) is 1. The van der Waals surface area contributed by atoms with Crippen LogP contribution in [0.2, 0.25) is 0 Å². The Kier molecular flexibility index (Phi) is 5.09. The van der Waals surface area contributed by atoms with E-state index in [4.69, 9.17) is 14.2 Å². The highest BCUT2D eigenvalue weighted by Crippen LogP contribution is 2.41. The average Bonchev–Trinajstić information content (AvgIpc) is 3.32. The lowest BCUT2D eigenvalue weighted by atomic mass is 10.1. The maximum Gasteiger partial charge on any atom is 0.272 e. The number of fused-ring (bicyclic) bond motifs is 2. The van der Waals surface area contributed by atoms with Crippen LogP contribution in [0.3, 0.4) is 0 Å². The van der Waals surface area contributed by atoms with Gasteiger partial charge in [-0.05, 0) is 19.1 Å². The van der Waals surface area contributed by atoms with Crippen LogP contribution in [0.5, 0.6) is 17.2 Å². The number of aromatic nitrogens is 1. The van der Waals surface area contributed by atoms with Crippen LogP contribution in [-0.2, 0) is 11.5 Å². The molecule has 0 radical (unpaired) electrons. The van der Waals surface area contributed by atoms with E-state index in [1.54, 1.807) is 25.9 Å². The zero-order chi connectivity index (χ0) is 23.3. The first-order chi connectivity index (χ1) is 15.9. The Labute approximate surface area is 193 Å². The molecule has 0 spiro atoms. The monoisotopic (exact) mass is 466 g/mol. The van der Waals surface area contributed by atoms with Crippen molar-refractivity contribution in [1.29, 1.82) is 0 Å². The minimum Gasteiger partial charge on any atom is -0.493 e. The van der Waals surface area contributed by atoms with Gasteiger partial charge >= 0.3 is 0 Å². The first-order valence-electron chi connectivity index (χ1n) is 10.2. The van der Waals surface area contributed by atoms with Crippen LogP contribution in [0, 0.1) is 6.92 Å². The molecular formula is C23H22N4O5S. The fourth-order valence-electron chi connectivity index (χ4n) is 4.08. The predicted molar refractivity (Wildman–Crippen MR) is 125 cm³/mol. The molecule has 0 atom stereocenters. The largest absolute Gasteiger partial charge is 0.493 e. The Bertz CT molecular complexity index is 1450. The van der Waals surface area contributed by atoms with Crippen LogP contribution in [-0.4, -0.2) is 38.5 Å². The molecular weight excluding hydrogens is 444 g/mol. The SMILES string of the molecule is COc1cc(N2CN=c3s/c(=C4\C(=O)Nc5ccc(C)cc54)c(=O)n3C2)cc(OC)c1OC. The number of carbonyl (C=O) groups is 1. The first kappa shape index (κ1) is 21.1. The fourth-order valence-corrected chi connectivity index (χ4v) is 5.14. The Hall–Kier alpha value is -3.79. The molecule has 170 valence electrons. The number of ether oxygens (including phenoxy) is 3. The molecule has 0 saturated heterocycles. The fraction of sp³-hybridized carbons (Fsp3) is 0.261. The molecule has 0 aliphatic carbocycles. The van der Waals surface area contributed by atoms with Crippen LogP contribution in [0.25, 0.3) is 5.57 Å². The maximum absolute atomic E-state index is 13.4. The van der Waals surface area contributed by atoms with Crippen molar-refractivity contribution in [3.05, 3.63) is 61.1 Å². The average molecular weight is 467 g/mol. The van der Waals surface area contributed by atoms with Gasteiger partial charge in [0.15, 0.2) is 16.3 Å². The van der Waals surface area contributed by atoms with Crippen LogP contribution in [0.15, 0.2) is 40.1 Å². The highest BCUT2D eigenvalue weighted by atomic mass is 32.1. The summed E-state index contributed by atoms with van der Waals surface area (Å²) in [5.41, 5.74) is 3.41. The van der Waals surface area contributed by atoms with E-state index in [1.807, 2.05) is 42.2 Å². The molecule has 5 rings (SSSR count). The minimum atomic E-state index is -0.270. The lowest BCUT2D eigenvalue weighted by molar-refractivity contribution is -0.110. The highest BCUT2D eigenvalue weighted by molar-refractivity contribution is 7.07. The van der Waals surface area contributed by atoms with Gasteiger partial charge < -0.3 is 24.4 Å². The van der Waals surface area contributed by atoms with Gasteiger partial charge in [-0.1, -0.05) is 23.0 Å². The molecule has 1 N–H and O–H groups in total. The number of anilines is 2. The molecule has 2 aliphatic rings. The zero-order valence-electron chi connectivity index (χ0n) is 18.6. The zero-order valence-corrected chi connectivity index (χ0v) is 19.4. The molecule has 10 heteroatoms. The number of hydrogen-bond donors (Lipinski definition) is 1. The summed E-state index contributed by atoms with van der Waals surface area (Å²) >= 11 is 1.24. The van der Waals surface area contributed by atoms with E-state index in [9.17, 15) is 9.59 Å². The van der Waals surface area contributed by atoms with E-state index < -0.39 is 0 Å². The van der Waals surface area contributed by atoms with Crippen molar-refractivity contribution in [2.75, 3.05) is 38.2 Å². The standard InChI is InChI=1S/C23H22N4O5S/c1-12-5-6-15-14(7-12)18(21(28)25-15)20-22(29)27-11-26(10-24-23(27)33-20)13-8-16(30-2)19(32-4)17(9-13)31-3/h5-9H,10-11H2,1-4H3,(H,25,28)/b20-18-. The summed E-state index contributed by atoms with van der Waals surface area (Å²) in [7, 11) is 4.66. The first-order valence-corrected chi connectivity index (χ1v) is 11.0. The van der Waals surface area contributed by atoms with Gasteiger partial charge in [-0.3, -0.25) is 14.2 Å². The van der Waals surface area contributed by atoms with Gasteiger partial charge in [-0.25, -0.2) is 4.99 Å². The van der Waals surface area contributed by atoms with Crippen LogP contribution < -0.4 is 39.3 Å². The van der Waals surface area contributed by atoms with E-state index in [0.717, 1.165) is 16.8 Å². The molecule has 0 unspecified atom stereocenters. The van der Waals surface area contributed by atoms with Gasteiger partial charge in [0.25, 0.3) is 11.5 Å². The molecule has 0 bridgehead atoms.